The molecule has 1 unspecified atom stereocenters. The SMILES string of the molecule is O=C1CC(c2ccc(-c3ccc(C(=O)O)cc3)o2)c2c(ccc3c2O/C(=C\c2ccccc2)C3=O)O1. The first-order chi connectivity index (χ1) is 17.5. The van der Waals surface area contributed by atoms with Gasteiger partial charge < -0.3 is 19.0 Å². The molecule has 0 spiro atoms. The van der Waals surface area contributed by atoms with E-state index in [-0.39, 0.29) is 23.5 Å². The summed E-state index contributed by atoms with van der Waals surface area (Å²) in [6.07, 6.45) is 1.70. The third-order valence-electron chi connectivity index (χ3n) is 6.26. The van der Waals surface area contributed by atoms with Crippen LogP contribution in [0.15, 0.2) is 89.0 Å². The van der Waals surface area contributed by atoms with Crippen molar-refractivity contribution in [3.8, 4) is 22.8 Å². The van der Waals surface area contributed by atoms with Crippen LogP contribution in [0.25, 0.3) is 17.4 Å². The highest BCUT2D eigenvalue weighted by molar-refractivity contribution is 6.15. The number of Topliss-reactive ketones (excluding diaryl/α,β-unsaturated/α-hetero) is 1. The van der Waals surface area contributed by atoms with E-state index in [9.17, 15) is 14.4 Å². The second-order valence-electron chi connectivity index (χ2n) is 8.52. The standard InChI is InChI=1S/C29H18O7/c30-25-15-20(22-13-12-21(34-22)17-6-8-18(9-7-17)29(32)33)26-23(35-25)11-10-19-27(31)24(36-28(19)26)14-16-4-2-1-3-5-16/h1-14,20H,15H2,(H,32,33)/b24-14-. The Morgan fingerprint density at radius 1 is 0.889 bits per heavy atom. The summed E-state index contributed by atoms with van der Waals surface area (Å²) in [6.45, 7) is 0. The Hall–Kier alpha value is -4.91. The molecule has 2 aliphatic rings. The van der Waals surface area contributed by atoms with Crippen molar-refractivity contribution < 1.29 is 33.4 Å². The molecule has 0 bridgehead atoms. The molecule has 0 aliphatic carbocycles. The van der Waals surface area contributed by atoms with Crippen LogP contribution in [0.5, 0.6) is 11.5 Å². The maximum Gasteiger partial charge on any atom is 0.335 e. The fourth-order valence-electron chi connectivity index (χ4n) is 4.52. The quantitative estimate of drug-likeness (QED) is 0.228. The minimum Gasteiger partial charge on any atom is -0.478 e. The number of allylic oxidation sites excluding steroid dienone is 1. The van der Waals surface area contributed by atoms with Gasteiger partial charge in [0.25, 0.3) is 0 Å². The third kappa shape index (κ3) is 3.67. The van der Waals surface area contributed by atoms with Crippen molar-refractivity contribution in [1.82, 2.24) is 0 Å². The van der Waals surface area contributed by atoms with Crippen LogP contribution in [0.1, 0.15) is 49.9 Å². The lowest BCUT2D eigenvalue weighted by molar-refractivity contribution is -0.135. The van der Waals surface area contributed by atoms with Gasteiger partial charge in [0.2, 0.25) is 5.78 Å². The number of esters is 1. The van der Waals surface area contributed by atoms with Crippen molar-refractivity contribution in [2.24, 2.45) is 0 Å². The van der Waals surface area contributed by atoms with E-state index in [0.717, 1.165) is 5.56 Å². The minimum atomic E-state index is -1.01. The second-order valence-corrected chi connectivity index (χ2v) is 8.52. The fraction of sp³-hybridized carbons (Fsp3) is 0.0690. The van der Waals surface area contributed by atoms with E-state index in [4.69, 9.17) is 19.0 Å². The Labute approximate surface area is 205 Å². The molecular weight excluding hydrogens is 460 g/mol. The highest BCUT2D eigenvalue weighted by Crippen LogP contribution is 2.49. The summed E-state index contributed by atoms with van der Waals surface area (Å²) in [7, 11) is 0. The predicted octanol–water partition coefficient (Wildman–Crippen LogP) is 5.70. The Morgan fingerprint density at radius 3 is 2.42 bits per heavy atom. The number of hydrogen-bond donors (Lipinski definition) is 1. The van der Waals surface area contributed by atoms with E-state index in [0.29, 0.717) is 39.7 Å². The number of carboxylic acids is 1. The van der Waals surface area contributed by atoms with E-state index >= 15 is 0 Å². The third-order valence-corrected chi connectivity index (χ3v) is 6.26. The van der Waals surface area contributed by atoms with Gasteiger partial charge in [0, 0.05) is 11.1 Å². The molecule has 6 rings (SSSR count). The van der Waals surface area contributed by atoms with Gasteiger partial charge in [0.05, 0.1) is 23.5 Å². The topological polar surface area (TPSA) is 103 Å². The largest absolute Gasteiger partial charge is 0.478 e. The maximum atomic E-state index is 13.1. The number of rotatable bonds is 4. The molecule has 1 atom stereocenters. The van der Waals surface area contributed by atoms with Crippen LogP contribution in [0.2, 0.25) is 0 Å². The fourth-order valence-corrected chi connectivity index (χ4v) is 4.52. The average molecular weight is 478 g/mol. The van der Waals surface area contributed by atoms with Gasteiger partial charge in [0.15, 0.2) is 5.76 Å². The number of furan rings is 1. The Bertz CT molecular complexity index is 1560. The molecule has 4 aromatic rings. The first kappa shape index (κ1) is 21.6. The lowest BCUT2D eigenvalue weighted by Gasteiger charge is -2.24. The van der Waals surface area contributed by atoms with Crippen molar-refractivity contribution in [2.75, 3.05) is 0 Å². The Balaban J connectivity index is 1.39. The second kappa shape index (κ2) is 8.39. The molecule has 0 fully saturated rings. The lowest BCUT2D eigenvalue weighted by Crippen LogP contribution is -2.21. The predicted molar refractivity (Wildman–Crippen MR) is 129 cm³/mol. The number of carbonyl (C=O) groups is 3. The van der Waals surface area contributed by atoms with Gasteiger partial charge in [-0.05, 0) is 48.0 Å². The molecule has 2 aliphatic heterocycles. The molecule has 7 nitrogen and oxygen atoms in total. The number of fused-ring (bicyclic) bond motifs is 3. The monoisotopic (exact) mass is 478 g/mol. The van der Waals surface area contributed by atoms with Crippen LogP contribution in [0.3, 0.4) is 0 Å². The summed E-state index contributed by atoms with van der Waals surface area (Å²) in [5.74, 6) is -0.277. The van der Waals surface area contributed by atoms with Gasteiger partial charge in [-0.15, -0.1) is 0 Å². The number of ether oxygens (including phenoxy) is 2. The van der Waals surface area contributed by atoms with E-state index in [1.165, 1.54) is 12.1 Å². The van der Waals surface area contributed by atoms with Gasteiger partial charge in [0.1, 0.15) is 23.0 Å². The van der Waals surface area contributed by atoms with Crippen molar-refractivity contribution >= 4 is 23.8 Å². The molecule has 3 heterocycles. The number of carbonyl (C=O) groups excluding carboxylic acids is 2. The number of aromatic carboxylic acids is 1. The Kier molecular flexibility index (Phi) is 5.04. The van der Waals surface area contributed by atoms with Crippen molar-refractivity contribution in [3.63, 3.8) is 0 Å². The van der Waals surface area contributed by atoms with Gasteiger partial charge in [-0.25, -0.2) is 4.79 Å². The van der Waals surface area contributed by atoms with Gasteiger partial charge in [-0.3, -0.25) is 9.59 Å². The van der Waals surface area contributed by atoms with E-state index in [1.807, 2.05) is 30.3 Å². The normalized spacial score (nSPS) is 17.3. The molecule has 0 radical (unpaired) electrons. The van der Waals surface area contributed by atoms with E-state index in [2.05, 4.69) is 0 Å². The van der Waals surface area contributed by atoms with Crippen LogP contribution >= 0.6 is 0 Å². The zero-order valence-corrected chi connectivity index (χ0v) is 18.8. The van der Waals surface area contributed by atoms with Crippen molar-refractivity contribution in [2.45, 2.75) is 12.3 Å². The van der Waals surface area contributed by atoms with Gasteiger partial charge in [-0.2, -0.15) is 0 Å². The minimum absolute atomic E-state index is 0.0175. The summed E-state index contributed by atoms with van der Waals surface area (Å²) in [5.41, 5.74) is 2.68. The average Bonchev–Trinajstić information content (AvgIpc) is 3.49. The first-order valence-corrected chi connectivity index (χ1v) is 11.3. The molecule has 0 amide bonds. The van der Waals surface area contributed by atoms with Crippen LogP contribution in [-0.2, 0) is 4.79 Å². The first-order valence-electron chi connectivity index (χ1n) is 11.3. The Morgan fingerprint density at radius 2 is 1.67 bits per heavy atom. The summed E-state index contributed by atoms with van der Waals surface area (Å²) in [5, 5.41) is 9.13. The van der Waals surface area contributed by atoms with Crippen LogP contribution in [0.4, 0.5) is 0 Å². The maximum absolute atomic E-state index is 13.1. The molecule has 3 aromatic carbocycles. The van der Waals surface area contributed by atoms with Crippen LogP contribution in [0, 0.1) is 0 Å². The van der Waals surface area contributed by atoms with Crippen molar-refractivity contribution in [1.29, 1.82) is 0 Å². The van der Waals surface area contributed by atoms with Gasteiger partial charge >= 0.3 is 11.9 Å². The molecule has 1 N–H and O–H groups in total. The number of benzene rings is 3. The molecular formula is C29H18O7. The molecule has 0 saturated heterocycles. The zero-order valence-electron chi connectivity index (χ0n) is 18.8. The highest BCUT2D eigenvalue weighted by Gasteiger charge is 2.39. The van der Waals surface area contributed by atoms with Crippen LogP contribution in [-0.4, -0.2) is 22.8 Å². The number of carboxylic acid groups (broad SMARTS) is 1. The smallest absolute Gasteiger partial charge is 0.335 e. The molecule has 7 heteroatoms. The molecule has 0 saturated carbocycles. The van der Waals surface area contributed by atoms with Gasteiger partial charge in [-0.1, -0.05) is 42.5 Å². The molecule has 176 valence electrons. The summed E-state index contributed by atoms with van der Waals surface area (Å²) >= 11 is 0. The van der Waals surface area contributed by atoms with E-state index < -0.39 is 17.9 Å². The summed E-state index contributed by atoms with van der Waals surface area (Å²) in [4.78, 5) is 36.7. The molecule has 36 heavy (non-hydrogen) atoms. The number of hydrogen-bond acceptors (Lipinski definition) is 6. The summed E-state index contributed by atoms with van der Waals surface area (Å²) in [6, 6.07) is 22.5. The van der Waals surface area contributed by atoms with Crippen LogP contribution < -0.4 is 9.47 Å². The lowest BCUT2D eigenvalue weighted by atomic mass is 9.88. The summed E-state index contributed by atoms with van der Waals surface area (Å²) < 4.78 is 17.6. The highest BCUT2D eigenvalue weighted by atomic mass is 16.5. The molecule has 1 aromatic heterocycles. The van der Waals surface area contributed by atoms with Crippen molar-refractivity contribution in [3.05, 3.63) is 113 Å². The number of ketones is 1. The zero-order chi connectivity index (χ0) is 24.8. The van der Waals surface area contributed by atoms with E-state index in [1.54, 1.807) is 42.5 Å².